The lowest BCUT2D eigenvalue weighted by Crippen LogP contribution is -2.58. The van der Waals surface area contributed by atoms with Gasteiger partial charge in [-0.25, -0.2) is 8.78 Å². The molecule has 0 unspecified atom stereocenters. The van der Waals surface area contributed by atoms with E-state index >= 15 is 0 Å². The van der Waals surface area contributed by atoms with E-state index in [1.165, 1.54) is 0 Å². The first-order valence-corrected chi connectivity index (χ1v) is 3.03. The third-order valence-corrected chi connectivity index (χ3v) is 1.35. The number of rotatable bonds is 4. The Balaban J connectivity index is 0. The molecule has 0 spiro atoms. The minimum atomic E-state index is -6.30. The van der Waals surface area contributed by atoms with Gasteiger partial charge in [-0.3, -0.25) is 4.70 Å². The molecule has 1 nitrogen and oxygen atoms in total. The van der Waals surface area contributed by atoms with Crippen LogP contribution in [0.5, 0.6) is 0 Å². The smallest absolute Gasteiger partial charge is 0.380 e. The highest BCUT2D eigenvalue weighted by molar-refractivity contribution is 4.97. The summed E-state index contributed by atoms with van der Waals surface area (Å²) in [5.74, 6) is -18.1. The molecule has 0 amide bonds. The number of hydrogen-bond donors (Lipinski definition) is 1. The van der Waals surface area contributed by atoms with Crippen LogP contribution in [0, 0.1) is 0 Å². The maximum absolute atomic E-state index is 12.1. The molecule has 0 atom stereocenters. The zero-order valence-electron chi connectivity index (χ0n) is 6.66. The second-order valence-electron chi connectivity index (χ2n) is 2.36. The molecule has 0 rings (SSSR count). The van der Waals surface area contributed by atoms with Gasteiger partial charge in [-0.15, -0.1) is 0 Å². The van der Waals surface area contributed by atoms with Gasteiger partial charge in [-0.2, -0.15) is 26.3 Å². The van der Waals surface area contributed by atoms with Gasteiger partial charge >= 0.3 is 24.2 Å². The van der Waals surface area contributed by atoms with Crippen LogP contribution in [0.15, 0.2) is 0 Å². The summed E-state index contributed by atoms with van der Waals surface area (Å²) in [4.78, 5) is 0. The lowest BCUT2D eigenvalue weighted by molar-refractivity contribution is -0.343. The van der Waals surface area contributed by atoms with Crippen molar-refractivity contribution in [3.8, 4) is 0 Å². The number of halogens is 9. The number of hydrogen-bond acceptors (Lipinski definition) is 1. The van der Waals surface area contributed by atoms with Gasteiger partial charge in [0.25, 0.3) is 0 Å². The summed E-state index contributed by atoms with van der Waals surface area (Å²) in [6.45, 7) is -2.65. The monoisotopic (exact) mass is 252 g/mol. The zero-order chi connectivity index (χ0) is 11.8. The van der Waals surface area contributed by atoms with Crippen LogP contribution >= 0.6 is 0 Å². The van der Waals surface area contributed by atoms with E-state index in [1.54, 1.807) is 0 Å². The second-order valence-corrected chi connectivity index (χ2v) is 2.36. The molecule has 0 aromatic rings. The summed E-state index contributed by atoms with van der Waals surface area (Å²) in [7, 11) is 0. The van der Waals surface area contributed by atoms with Crippen molar-refractivity contribution in [1.82, 2.24) is 0 Å². The van der Waals surface area contributed by atoms with Crippen LogP contribution in [-0.4, -0.2) is 35.9 Å². The first kappa shape index (κ1) is 16.7. The molecule has 15 heavy (non-hydrogen) atoms. The van der Waals surface area contributed by atoms with Gasteiger partial charge in [0.1, 0.15) is 6.61 Å². The van der Waals surface area contributed by atoms with Gasteiger partial charge in [0, 0.05) is 0 Å². The third-order valence-electron chi connectivity index (χ3n) is 1.35. The molecule has 0 aromatic carbocycles. The molecule has 0 aromatic heterocycles. The predicted molar refractivity (Wildman–Crippen MR) is 30.4 cm³/mol. The van der Waals surface area contributed by atoms with Crippen LogP contribution in [0.2, 0.25) is 0 Å². The molecule has 0 aliphatic carbocycles. The van der Waals surface area contributed by atoms with Gasteiger partial charge in [0.05, 0.1) is 0 Å². The highest BCUT2D eigenvalue weighted by Gasteiger charge is 2.75. The maximum atomic E-state index is 12.1. The Kier molecular flexibility index (Phi) is 4.97. The van der Waals surface area contributed by atoms with Crippen molar-refractivity contribution in [3.05, 3.63) is 0 Å². The van der Waals surface area contributed by atoms with Crippen molar-refractivity contribution in [2.45, 2.75) is 24.2 Å². The Morgan fingerprint density at radius 1 is 0.933 bits per heavy atom. The van der Waals surface area contributed by atoms with Crippen molar-refractivity contribution >= 4 is 0 Å². The summed E-state index contributed by atoms with van der Waals surface area (Å²) < 4.78 is 94.6. The van der Waals surface area contributed by atoms with Crippen LogP contribution in [-0.2, 0) is 0 Å². The van der Waals surface area contributed by atoms with E-state index in [9.17, 15) is 35.1 Å². The Bertz CT molecular complexity index is 201. The summed E-state index contributed by atoms with van der Waals surface area (Å²) in [5, 5.41) is 7.67. The van der Waals surface area contributed by atoms with E-state index in [0.717, 1.165) is 0 Å². The lowest BCUT2D eigenvalue weighted by atomic mass is 10.1. The van der Waals surface area contributed by atoms with E-state index in [2.05, 4.69) is 0 Å². The number of aliphatic hydroxyl groups is 1. The van der Waals surface area contributed by atoms with Crippen molar-refractivity contribution in [2.75, 3.05) is 6.61 Å². The molecule has 0 fully saturated rings. The van der Waals surface area contributed by atoms with Crippen molar-refractivity contribution in [3.63, 3.8) is 0 Å². The Morgan fingerprint density at radius 2 is 1.27 bits per heavy atom. The standard InChI is InChI=1S/C5H4F8O.FH/c6-2(7)4(10,11)5(12,13)3(8,9)1-14;/h2,14H,1H2;1H. The fourth-order valence-electron chi connectivity index (χ4n) is 0.480. The van der Waals surface area contributed by atoms with Crippen LogP contribution < -0.4 is 0 Å². The van der Waals surface area contributed by atoms with E-state index < -0.39 is 30.8 Å². The van der Waals surface area contributed by atoms with Gasteiger partial charge in [-0.1, -0.05) is 0 Å². The highest BCUT2D eigenvalue weighted by Crippen LogP contribution is 2.48. The second kappa shape index (κ2) is 4.45. The maximum Gasteiger partial charge on any atom is 0.380 e. The molecule has 10 heteroatoms. The SMILES string of the molecule is F.OCC(F)(F)C(F)(F)C(F)(F)C(F)F. The topological polar surface area (TPSA) is 20.2 Å². The molecule has 1 N–H and O–H groups in total. The first-order chi connectivity index (χ1) is 6.00. The highest BCUT2D eigenvalue weighted by atomic mass is 19.4. The fourth-order valence-corrected chi connectivity index (χ4v) is 0.480. The molecule has 0 bridgehead atoms. The lowest BCUT2D eigenvalue weighted by Gasteiger charge is -2.30. The molecular weight excluding hydrogens is 247 g/mol. The molecule has 94 valence electrons. The van der Waals surface area contributed by atoms with Crippen molar-refractivity contribution < 1.29 is 44.9 Å². The normalized spacial score (nSPS) is 14.0. The first-order valence-electron chi connectivity index (χ1n) is 3.03. The summed E-state index contributed by atoms with van der Waals surface area (Å²) in [5.41, 5.74) is 0. The Hall–Kier alpha value is -0.670. The van der Waals surface area contributed by atoms with Crippen LogP contribution in [0.1, 0.15) is 0 Å². The molecule has 0 saturated carbocycles. The molecule has 0 heterocycles. The van der Waals surface area contributed by atoms with Crippen molar-refractivity contribution in [2.24, 2.45) is 0 Å². The van der Waals surface area contributed by atoms with Gasteiger partial charge in [0.2, 0.25) is 0 Å². The molecule has 0 saturated heterocycles. The quantitative estimate of drug-likeness (QED) is 0.761. The van der Waals surface area contributed by atoms with Crippen LogP contribution in [0.25, 0.3) is 0 Å². The average molecular weight is 252 g/mol. The molecule has 0 aliphatic heterocycles. The Labute approximate surface area is 77.0 Å². The molecular formula is C5H5F9O. The van der Waals surface area contributed by atoms with Crippen LogP contribution in [0.3, 0.4) is 0 Å². The number of alkyl halides is 8. The predicted octanol–water partition coefficient (Wildman–Crippen LogP) is 2.30. The molecule has 0 radical (unpaired) electrons. The minimum absolute atomic E-state index is 0. The third kappa shape index (κ3) is 2.47. The minimum Gasteiger partial charge on any atom is -0.390 e. The summed E-state index contributed by atoms with van der Waals surface area (Å²) in [6, 6.07) is 0. The van der Waals surface area contributed by atoms with Gasteiger partial charge in [-0.05, 0) is 0 Å². The van der Waals surface area contributed by atoms with E-state index in [4.69, 9.17) is 5.11 Å². The zero-order valence-corrected chi connectivity index (χ0v) is 6.66. The molecule has 0 aliphatic rings. The van der Waals surface area contributed by atoms with E-state index in [-0.39, 0.29) is 4.70 Å². The van der Waals surface area contributed by atoms with Crippen molar-refractivity contribution in [1.29, 1.82) is 0 Å². The largest absolute Gasteiger partial charge is 0.390 e. The van der Waals surface area contributed by atoms with Gasteiger partial charge in [0.15, 0.2) is 0 Å². The fraction of sp³-hybridized carbons (Fsp3) is 1.00. The van der Waals surface area contributed by atoms with E-state index in [0.29, 0.717) is 0 Å². The number of aliphatic hydroxyl groups excluding tert-OH is 1. The van der Waals surface area contributed by atoms with E-state index in [1.807, 2.05) is 0 Å². The summed E-state index contributed by atoms with van der Waals surface area (Å²) in [6.07, 6.45) is -4.95. The van der Waals surface area contributed by atoms with Gasteiger partial charge < -0.3 is 5.11 Å². The Morgan fingerprint density at radius 3 is 1.47 bits per heavy atom. The summed E-state index contributed by atoms with van der Waals surface area (Å²) >= 11 is 0. The average Bonchev–Trinajstić information content (AvgIpc) is 2.03. The van der Waals surface area contributed by atoms with Crippen LogP contribution in [0.4, 0.5) is 39.8 Å².